The molecule has 1 heterocycles. The van der Waals surface area contributed by atoms with Crippen molar-refractivity contribution in [1.29, 1.82) is 0 Å². The molecule has 0 unspecified atom stereocenters. The molecule has 6 nitrogen and oxygen atoms in total. The van der Waals surface area contributed by atoms with E-state index in [2.05, 4.69) is 0 Å². The van der Waals surface area contributed by atoms with Crippen molar-refractivity contribution < 1.29 is 27.8 Å². The summed E-state index contributed by atoms with van der Waals surface area (Å²) in [5.74, 6) is -2.46. The van der Waals surface area contributed by atoms with E-state index in [-0.39, 0.29) is 18.0 Å². The van der Waals surface area contributed by atoms with Gasteiger partial charge in [-0.1, -0.05) is 11.6 Å². The van der Waals surface area contributed by atoms with Crippen LogP contribution < -0.4 is 0 Å². The fourth-order valence-electron chi connectivity index (χ4n) is 2.09. The van der Waals surface area contributed by atoms with E-state index in [4.69, 9.17) is 16.7 Å². The van der Waals surface area contributed by atoms with Gasteiger partial charge in [0.1, 0.15) is 16.8 Å². The third kappa shape index (κ3) is 2.64. The van der Waals surface area contributed by atoms with Crippen LogP contribution in [-0.2, 0) is 14.8 Å². The van der Waals surface area contributed by atoms with Crippen molar-refractivity contribution in [2.24, 2.45) is 0 Å². The highest BCUT2D eigenvalue weighted by atomic mass is 35.5. The number of sulfonamides is 1. The summed E-state index contributed by atoms with van der Waals surface area (Å²) in [4.78, 5) is 10.4. The molecule has 9 heteroatoms. The highest BCUT2D eigenvalue weighted by Gasteiger charge is 2.44. The van der Waals surface area contributed by atoms with Crippen molar-refractivity contribution in [2.45, 2.75) is 23.5 Å². The monoisotopic (exact) mass is 323 g/mol. The molecule has 1 aliphatic heterocycles. The van der Waals surface area contributed by atoms with Crippen molar-refractivity contribution in [1.82, 2.24) is 4.31 Å². The molecule has 1 fully saturated rings. The molecule has 0 aliphatic carbocycles. The number of rotatable bonds is 3. The summed E-state index contributed by atoms with van der Waals surface area (Å²) in [6, 6.07) is 1.58. The molecule has 1 aliphatic rings. The number of aliphatic hydroxyl groups excluding tert-OH is 1. The summed E-state index contributed by atoms with van der Waals surface area (Å²) in [6.45, 7) is -0.388. The first-order valence-electron chi connectivity index (χ1n) is 5.61. The Morgan fingerprint density at radius 2 is 2.10 bits per heavy atom. The third-order valence-corrected chi connectivity index (χ3v) is 5.14. The van der Waals surface area contributed by atoms with Crippen LogP contribution in [0.3, 0.4) is 0 Å². The lowest BCUT2D eigenvalue weighted by molar-refractivity contribution is -0.140. The Labute approximate surface area is 119 Å². The zero-order valence-corrected chi connectivity index (χ0v) is 11.6. The van der Waals surface area contributed by atoms with Crippen LogP contribution in [0, 0.1) is 5.82 Å². The van der Waals surface area contributed by atoms with E-state index in [0.29, 0.717) is 4.31 Å². The Morgan fingerprint density at radius 1 is 1.45 bits per heavy atom. The predicted molar refractivity (Wildman–Crippen MR) is 67.3 cm³/mol. The highest BCUT2D eigenvalue weighted by molar-refractivity contribution is 7.89. The number of hydrogen-bond donors (Lipinski definition) is 2. The van der Waals surface area contributed by atoms with Crippen molar-refractivity contribution in [3.05, 3.63) is 29.0 Å². The number of aliphatic carboxylic acids is 1. The number of carbonyl (C=O) groups is 1. The molecule has 0 bridgehead atoms. The third-order valence-electron chi connectivity index (χ3n) is 3.00. The number of nitrogens with zero attached hydrogens (tertiary/aromatic N) is 1. The smallest absolute Gasteiger partial charge is 0.322 e. The molecule has 0 radical (unpaired) electrons. The van der Waals surface area contributed by atoms with Gasteiger partial charge in [0.2, 0.25) is 10.0 Å². The molecule has 2 N–H and O–H groups in total. The van der Waals surface area contributed by atoms with Crippen molar-refractivity contribution >= 4 is 27.6 Å². The maximum Gasteiger partial charge on any atom is 0.322 e. The molecule has 1 saturated heterocycles. The summed E-state index contributed by atoms with van der Waals surface area (Å²) >= 11 is 5.55. The first-order chi connectivity index (χ1) is 9.23. The van der Waals surface area contributed by atoms with Gasteiger partial charge in [0.25, 0.3) is 0 Å². The van der Waals surface area contributed by atoms with Crippen LogP contribution in [0.2, 0.25) is 5.02 Å². The Kier molecular flexibility index (Phi) is 4.01. The van der Waals surface area contributed by atoms with Gasteiger partial charge in [-0.05, 0) is 18.2 Å². The SMILES string of the molecule is O=C(O)[C@H]1C[C@@H](O)CN1S(=O)(=O)c1ccc(Cl)cc1F. The normalized spacial score (nSPS) is 23.9. The van der Waals surface area contributed by atoms with Gasteiger partial charge in [-0.3, -0.25) is 4.79 Å². The van der Waals surface area contributed by atoms with Gasteiger partial charge in [0.05, 0.1) is 6.10 Å². The van der Waals surface area contributed by atoms with Gasteiger partial charge in [-0.25, -0.2) is 12.8 Å². The van der Waals surface area contributed by atoms with E-state index in [0.717, 1.165) is 12.1 Å². The van der Waals surface area contributed by atoms with Gasteiger partial charge in [-0.15, -0.1) is 0 Å². The topological polar surface area (TPSA) is 94.9 Å². The van der Waals surface area contributed by atoms with Crippen LogP contribution in [-0.4, -0.2) is 47.6 Å². The first-order valence-corrected chi connectivity index (χ1v) is 7.43. The van der Waals surface area contributed by atoms with Gasteiger partial charge in [0.15, 0.2) is 0 Å². The molecule has 2 atom stereocenters. The minimum atomic E-state index is -4.35. The van der Waals surface area contributed by atoms with E-state index in [1.54, 1.807) is 0 Å². The van der Waals surface area contributed by atoms with E-state index in [9.17, 15) is 22.7 Å². The Morgan fingerprint density at radius 3 is 2.65 bits per heavy atom. The standard InChI is InChI=1S/C11H11ClFNO5S/c12-6-1-2-10(8(13)3-6)20(18,19)14-5-7(15)4-9(14)11(16)17/h1-3,7,9,15H,4-5H2,(H,16,17)/t7-,9-/m1/s1. The maximum atomic E-state index is 13.7. The number of halogens is 2. The maximum absolute atomic E-state index is 13.7. The number of hydrogen-bond acceptors (Lipinski definition) is 4. The molecular weight excluding hydrogens is 313 g/mol. The number of carboxylic acid groups (broad SMARTS) is 1. The van der Waals surface area contributed by atoms with Crippen LogP contribution >= 0.6 is 11.6 Å². The molecule has 1 aromatic rings. The molecule has 0 aromatic heterocycles. The van der Waals surface area contributed by atoms with E-state index in [1.807, 2.05) is 0 Å². The Bertz CT molecular complexity index is 650. The number of aliphatic hydroxyl groups is 1. The molecule has 20 heavy (non-hydrogen) atoms. The molecule has 1 aromatic carbocycles. The summed E-state index contributed by atoms with van der Waals surface area (Å²) in [5, 5.41) is 18.5. The zero-order chi connectivity index (χ0) is 15.1. The second-order valence-corrected chi connectivity index (χ2v) is 6.69. The van der Waals surface area contributed by atoms with Crippen LogP contribution in [0.1, 0.15) is 6.42 Å². The summed E-state index contributed by atoms with van der Waals surface area (Å²) in [6.07, 6.45) is -1.33. The van der Waals surface area contributed by atoms with E-state index >= 15 is 0 Å². The lowest BCUT2D eigenvalue weighted by Gasteiger charge is -2.20. The van der Waals surface area contributed by atoms with Crippen LogP contribution in [0.4, 0.5) is 4.39 Å². The second kappa shape index (κ2) is 5.28. The fourth-order valence-corrected chi connectivity index (χ4v) is 3.92. The van der Waals surface area contributed by atoms with Crippen molar-refractivity contribution in [2.75, 3.05) is 6.54 Å². The molecule has 0 spiro atoms. The summed E-state index contributed by atoms with van der Waals surface area (Å²) in [7, 11) is -4.35. The van der Waals surface area contributed by atoms with Gasteiger partial charge in [-0.2, -0.15) is 4.31 Å². The molecule has 0 saturated carbocycles. The van der Waals surface area contributed by atoms with Crippen LogP contribution in [0.15, 0.2) is 23.1 Å². The quantitative estimate of drug-likeness (QED) is 0.853. The summed E-state index contributed by atoms with van der Waals surface area (Å²) < 4.78 is 38.9. The number of β-amino-alcohol motifs (C(OH)–C–C–N with tert-alkyl or cyclic N) is 1. The lowest BCUT2D eigenvalue weighted by atomic mass is 10.2. The minimum absolute atomic E-state index is 0.0256. The Hall–Kier alpha value is -1.22. The highest BCUT2D eigenvalue weighted by Crippen LogP contribution is 2.29. The summed E-state index contributed by atoms with van der Waals surface area (Å²) in [5.41, 5.74) is 0. The largest absolute Gasteiger partial charge is 0.480 e. The average Bonchev–Trinajstić information content (AvgIpc) is 2.71. The first kappa shape index (κ1) is 15.2. The zero-order valence-electron chi connectivity index (χ0n) is 10.0. The number of benzene rings is 1. The fraction of sp³-hybridized carbons (Fsp3) is 0.364. The lowest BCUT2D eigenvalue weighted by Crippen LogP contribution is -2.40. The minimum Gasteiger partial charge on any atom is -0.480 e. The van der Waals surface area contributed by atoms with Crippen LogP contribution in [0.5, 0.6) is 0 Å². The van der Waals surface area contributed by atoms with Crippen LogP contribution in [0.25, 0.3) is 0 Å². The molecule has 0 amide bonds. The van der Waals surface area contributed by atoms with Gasteiger partial charge < -0.3 is 10.2 Å². The second-order valence-electron chi connectivity index (χ2n) is 4.39. The molecular formula is C11H11ClFNO5S. The van der Waals surface area contributed by atoms with Gasteiger partial charge >= 0.3 is 5.97 Å². The number of carboxylic acids is 1. The Balaban J connectivity index is 2.46. The van der Waals surface area contributed by atoms with Gasteiger partial charge in [0, 0.05) is 18.0 Å². The van der Waals surface area contributed by atoms with E-state index < -0.39 is 38.9 Å². The average molecular weight is 324 g/mol. The predicted octanol–water partition coefficient (Wildman–Crippen LogP) is 0.688. The van der Waals surface area contributed by atoms with Crippen molar-refractivity contribution in [3.8, 4) is 0 Å². The molecule has 2 rings (SSSR count). The van der Waals surface area contributed by atoms with E-state index in [1.165, 1.54) is 6.07 Å². The van der Waals surface area contributed by atoms with Crippen molar-refractivity contribution in [3.63, 3.8) is 0 Å². The molecule has 110 valence electrons.